The van der Waals surface area contributed by atoms with Crippen molar-refractivity contribution in [3.8, 4) is 0 Å². The van der Waals surface area contributed by atoms with Crippen LogP contribution in [0.1, 0.15) is 28.4 Å². The van der Waals surface area contributed by atoms with Gasteiger partial charge in [-0.2, -0.15) is 0 Å². The van der Waals surface area contributed by atoms with Gasteiger partial charge in [-0.15, -0.1) is 0 Å². The molecule has 0 unspecified atom stereocenters. The zero-order chi connectivity index (χ0) is 12.3. The highest BCUT2D eigenvalue weighted by Crippen LogP contribution is 2.24. The van der Waals surface area contributed by atoms with Crippen LogP contribution >= 0.6 is 11.6 Å². The van der Waals surface area contributed by atoms with Crippen LogP contribution in [-0.4, -0.2) is 16.9 Å². The smallest absolute Gasteiger partial charge is 0.328 e. The number of carboxylic acids is 1. The van der Waals surface area contributed by atoms with Gasteiger partial charge >= 0.3 is 5.97 Å². The van der Waals surface area contributed by atoms with Crippen LogP contribution in [0.4, 0.5) is 0 Å². The van der Waals surface area contributed by atoms with Crippen molar-refractivity contribution in [1.82, 2.24) is 0 Å². The van der Waals surface area contributed by atoms with Gasteiger partial charge in [-0.3, -0.25) is 4.79 Å². The highest BCUT2D eigenvalue weighted by molar-refractivity contribution is 6.31. The van der Waals surface area contributed by atoms with Crippen LogP contribution < -0.4 is 0 Å². The summed E-state index contributed by atoms with van der Waals surface area (Å²) >= 11 is 5.91. The van der Waals surface area contributed by atoms with E-state index in [9.17, 15) is 9.59 Å². The fraction of sp³-hybridized carbons (Fsp3) is 0.167. The van der Waals surface area contributed by atoms with Gasteiger partial charge in [-0.05, 0) is 43.2 Å². The summed E-state index contributed by atoms with van der Waals surface area (Å²) in [5.74, 6) is -1.18. The van der Waals surface area contributed by atoms with E-state index in [2.05, 4.69) is 0 Å². The molecule has 0 aliphatic carbocycles. The van der Waals surface area contributed by atoms with Crippen molar-refractivity contribution < 1.29 is 14.7 Å². The summed E-state index contributed by atoms with van der Waals surface area (Å²) in [7, 11) is 0. The Labute approximate surface area is 98.4 Å². The van der Waals surface area contributed by atoms with Gasteiger partial charge in [0.15, 0.2) is 5.78 Å². The first-order valence-electron chi connectivity index (χ1n) is 4.64. The van der Waals surface area contributed by atoms with Gasteiger partial charge < -0.3 is 5.11 Å². The largest absolute Gasteiger partial charge is 0.478 e. The Bertz CT molecular complexity index is 475. The molecule has 84 valence electrons. The van der Waals surface area contributed by atoms with Gasteiger partial charge in [-0.25, -0.2) is 4.79 Å². The van der Waals surface area contributed by atoms with Crippen molar-refractivity contribution in [3.63, 3.8) is 0 Å². The maximum atomic E-state index is 11.3. The van der Waals surface area contributed by atoms with Crippen molar-refractivity contribution in [1.29, 1.82) is 0 Å². The Morgan fingerprint density at radius 2 is 2.00 bits per heavy atom. The fourth-order valence-corrected chi connectivity index (χ4v) is 1.54. The normalized spacial score (nSPS) is 10.7. The molecule has 0 radical (unpaired) electrons. The third-order valence-electron chi connectivity index (χ3n) is 2.22. The molecule has 0 saturated heterocycles. The topological polar surface area (TPSA) is 54.4 Å². The maximum absolute atomic E-state index is 11.3. The molecule has 0 heterocycles. The lowest BCUT2D eigenvalue weighted by molar-refractivity contribution is -0.131. The van der Waals surface area contributed by atoms with Gasteiger partial charge in [-0.1, -0.05) is 11.6 Å². The molecule has 0 spiro atoms. The molecule has 1 rings (SSSR count). The molecule has 3 nitrogen and oxygen atoms in total. The van der Waals surface area contributed by atoms with Crippen LogP contribution in [0.5, 0.6) is 0 Å². The summed E-state index contributed by atoms with van der Waals surface area (Å²) in [5.41, 5.74) is 1.73. The van der Waals surface area contributed by atoms with Gasteiger partial charge in [0.25, 0.3) is 0 Å². The Balaban J connectivity index is 3.37. The molecule has 0 amide bonds. The molecule has 16 heavy (non-hydrogen) atoms. The van der Waals surface area contributed by atoms with E-state index < -0.39 is 5.97 Å². The Morgan fingerprint density at radius 1 is 1.38 bits per heavy atom. The zero-order valence-corrected chi connectivity index (χ0v) is 9.71. The highest BCUT2D eigenvalue weighted by atomic mass is 35.5. The lowest BCUT2D eigenvalue weighted by atomic mass is 9.99. The van der Waals surface area contributed by atoms with E-state index in [1.54, 1.807) is 19.1 Å². The van der Waals surface area contributed by atoms with E-state index in [0.29, 0.717) is 21.7 Å². The first-order chi connectivity index (χ1) is 7.43. The summed E-state index contributed by atoms with van der Waals surface area (Å²) in [5, 5.41) is 9.07. The van der Waals surface area contributed by atoms with E-state index in [0.717, 1.165) is 6.08 Å². The average Bonchev–Trinajstić information content (AvgIpc) is 2.19. The lowest BCUT2D eigenvalue weighted by Gasteiger charge is -2.07. The minimum Gasteiger partial charge on any atom is -0.478 e. The second kappa shape index (κ2) is 4.94. The third-order valence-corrected chi connectivity index (χ3v) is 2.63. The third kappa shape index (κ3) is 2.70. The van der Waals surface area contributed by atoms with Crippen molar-refractivity contribution in [2.45, 2.75) is 13.8 Å². The van der Waals surface area contributed by atoms with Crippen molar-refractivity contribution >= 4 is 29.4 Å². The number of carboxylic acid groups (broad SMARTS) is 1. The van der Waals surface area contributed by atoms with Crippen LogP contribution in [0.3, 0.4) is 0 Å². The molecule has 0 aromatic heterocycles. The summed E-state index contributed by atoms with van der Waals surface area (Å²) in [6, 6.07) is 3.23. The molecule has 1 N–H and O–H groups in total. The van der Waals surface area contributed by atoms with Crippen molar-refractivity contribution in [2.75, 3.05) is 0 Å². The van der Waals surface area contributed by atoms with Crippen molar-refractivity contribution in [3.05, 3.63) is 39.9 Å². The van der Waals surface area contributed by atoms with Gasteiger partial charge in [0.2, 0.25) is 0 Å². The first kappa shape index (κ1) is 12.5. The first-order valence-corrected chi connectivity index (χ1v) is 5.02. The molecule has 0 aliphatic heterocycles. The van der Waals surface area contributed by atoms with Crippen LogP contribution in [0.25, 0.3) is 6.08 Å². The van der Waals surface area contributed by atoms with Gasteiger partial charge in [0.1, 0.15) is 0 Å². The quantitative estimate of drug-likeness (QED) is 0.651. The zero-order valence-electron chi connectivity index (χ0n) is 8.95. The Morgan fingerprint density at radius 3 is 2.50 bits per heavy atom. The van der Waals surface area contributed by atoms with Crippen LogP contribution in [0, 0.1) is 6.92 Å². The monoisotopic (exact) mass is 238 g/mol. The van der Waals surface area contributed by atoms with Crippen molar-refractivity contribution in [2.24, 2.45) is 0 Å². The van der Waals surface area contributed by atoms with Crippen LogP contribution in [0.2, 0.25) is 5.02 Å². The number of benzene rings is 1. The number of rotatable bonds is 3. The maximum Gasteiger partial charge on any atom is 0.328 e. The molecule has 0 saturated carbocycles. The summed E-state index contributed by atoms with van der Waals surface area (Å²) < 4.78 is 0. The van der Waals surface area contributed by atoms with Crippen LogP contribution in [0.15, 0.2) is 18.2 Å². The number of hydrogen-bond acceptors (Lipinski definition) is 2. The van der Waals surface area contributed by atoms with Gasteiger partial charge in [0, 0.05) is 16.7 Å². The average molecular weight is 239 g/mol. The van der Waals surface area contributed by atoms with E-state index in [-0.39, 0.29) is 5.78 Å². The second-order valence-electron chi connectivity index (χ2n) is 3.36. The lowest BCUT2D eigenvalue weighted by Crippen LogP contribution is -1.99. The fourth-order valence-electron chi connectivity index (χ4n) is 1.38. The number of carbonyl (C=O) groups excluding carboxylic acids is 1. The molecular weight excluding hydrogens is 228 g/mol. The number of hydrogen-bond donors (Lipinski definition) is 1. The number of carbonyl (C=O) groups is 2. The molecule has 0 atom stereocenters. The highest BCUT2D eigenvalue weighted by Gasteiger charge is 2.10. The summed E-state index contributed by atoms with van der Waals surface area (Å²) in [6.45, 7) is 3.18. The number of aliphatic carboxylic acids is 1. The molecular formula is C12H11ClO3. The Kier molecular flexibility index (Phi) is 3.85. The number of Topliss-reactive ketones (excluding diaryl/α,β-unsaturated/α-hetero) is 1. The Hall–Kier alpha value is -1.61. The molecule has 0 bridgehead atoms. The number of halogens is 1. The standard InChI is InChI=1S/C12H11ClO3/c1-7-9(4-6-12(15)16)10(8(2)14)3-5-11(7)13/h3-6H,1-2H3,(H,15,16). The summed E-state index contributed by atoms with van der Waals surface area (Å²) in [6.07, 6.45) is 2.38. The minimum atomic E-state index is -1.06. The second-order valence-corrected chi connectivity index (χ2v) is 3.77. The molecule has 1 aromatic carbocycles. The SMILES string of the molecule is CC(=O)c1ccc(Cl)c(C)c1C=CC(=O)O. The van der Waals surface area contributed by atoms with E-state index in [1.807, 2.05) is 0 Å². The molecule has 4 heteroatoms. The number of ketones is 1. The molecule has 0 aliphatic rings. The van der Waals surface area contributed by atoms with Crippen LogP contribution in [-0.2, 0) is 4.79 Å². The predicted molar refractivity (Wildman–Crippen MR) is 62.9 cm³/mol. The van der Waals surface area contributed by atoms with E-state index >= 15 is 0 Å². The van der Waals surface area contributed by atoms with E-state index in [1.165, 1.54) is 13.0 Å². The molecule has 0 fully saturated rings. The van der Waals surface area contributed by atoms with E-state index in [4.69, 9.17) is 16.7 Å². The molecule has 1 aromatic rings. The predicted octanol–water partition coefficient (Wildman–Crippen LogP) is 2.95. The minimum absolute atomic E-state index is 0.121. The van der Waals surface area contributed by atoms with Gasteiger partial charge in [0.05, 0.1) is 0 Å². The summed E-state index contributed by atoms with van der Waals surface area (Å²) in [4.78, 5) is 21.8.